The number of carbonyl (C=O) groups is 1. The zero-order valence-electron chi connectivity index (χ0n) is 15.1. The number of pyridine rings is 1. The molecule has 136 valence electrons. The van der Waals surface area contributed by atoms with E-state index in [0.717, 1.165) is 22.4 Å². The molecule has 0 aliphatic carbocycles. The van der Waals surface area contributed by atoms with Gasteiger partial charge in [-0.2, -0.15) is 0 Å². The number of carboxylic acids is 1. The summed E-state index contributed by atoms with van der Waals surface area (Å²) < 4.78 is 5.90. The molecule has 1 aliphatic heterocycles. The topological polar surface area (TPSA) is 97.5 Å². The van der Waals surface area contributed by atoms with Gasteiger partial charge in [0, 0.05) is 29.7 Å². The molecule has 1 unspecified atom stereocenters. The highest BCUT2D eigenvalue weighted by atomic mass is 16.5. The van der Waals surface area contributed by atoms with Crippen LogP contribution in [0.25, 0.3) is 0 Å². The zero-order valence-corrected chi connectivity index (χ0v) is 15.1. The smallest absolute Gasteiger partial charge is 0.334 e. The maximum Gasteiger partial charge on any atom is 0.334 e. The molecule has 0 saturated carbocycles. The second kappa shape index (κ2) is 7.17. The molecule has 2 heterocycles. The van der Waals surface area contributed by atoms with Crippen LogP contribution in [-0.2, 0) is 11.3 Å². The highest BCUT2D eigenvalue weighted by Gasteiger charge is 2.36. The van der Waals surface area contributed by atoms with Crippen molar-refractivity contribution < 1.29 is 14.6 Å². The van der Waals surface area contributed by atoms with Gasteiger partial charge in [0.2, 0.25) is 5.88 Å². The molecular formula is C20H23N3O3. The maximum absolute atomic E-state index is 12.1. The van der Waals surface area contributed by atoms with Gasteiger partial charge in [-0.1, -0.05) is 24.3 Å². The first-order chi connectivity index (χ1) is 12.4. The van der Waals surface area contributed by atoms with Gasteiger partial charge in [-0.05, 0) is 38.0 Å². The molecule has 26 heavy (non-hydrogen) atoms. The Labute approximate surface area is 152 Å². The monoisotopic (exact) mass is 353 g/mol. The lowest BCUT2D eigenvalue weighted by Gasteiger charge is -2.31. The van der Waals surface area contributed by atoms with Gasteiger partial charge in [0.05, 0.1) is 17.6 Å². The SMILES string of the molecule is CC1=C(C(=O)O)C(c2ccccc2CN)c2c(ccnc2OC(C)C)N1. The molecular weight excluding hydrogens is 330 g/mol. The minimum atomic E-state index is -0.975. The lowest BCUT2D eigenvalue weighted by atomic mass is 9.79. The van der Waals surface area contributed by atoms with Crippen molar-refractivity contribution in [3.63, 3.8) is 0 Å². The fourth-order valence-electron chi connectivity index (χ4n) is 3.39. The highest BCUT2D eigenvalue weighted by Crippen LogP contribution is 2.46. The summed E-state index contributed by atoms with van der Waals surface area (Å²) in [5.74, 6) is -1.05. The number of fused-ring (bicyclic) bond motifs is 1. The van der Waals surface area contributed by atoms with Crippen LogP contribution in [0.3, 0.4) is 0 Å². The van der Waals surface area contributed by atoms with Crippen LogP contribution in [0.5, 0.6) is 5.88 Å². The summed E-state index contributed by atoms with van der Waals surface area (Å²) in [6.45, 7) is 5.93. The molecule has 3 rings (SSSR count). The third-order valence-corrected chi connectivity index (χ3v) is 4.42. The molecule has 6 heteroatoms. The van der Waals surface area contributed by atoms with Gasteiger partial charge in [-0.25, -0.2) is 9.78 Å². The van der Waals surface area contributed by atoms with Gasteiger partial charge in [-0.15, -0.1) is 0 Å². The number of carboxylic acid groups (broad SMARTS) is 1. The van der Waals surface area contributed by atoms with E-state index < -0.39 is 11.9 Å². The number of rotatable bonds is 5. The number of benzene rings is 1. The normalized spacial score (nSPS) is 16.3. The number of allylic oxidation sites excluding steroid dienone is 1. The van der Waals surface area contributed by atoms with E-state index in [-0.39, 0.29) is 11.7 Å². The molecule has 0 bridgehead atoms. The fourth-order valence-corrected chi connectivity index (χ4v) is 3.39. The molecule has 0 spiro atoms. The third-order valence-electron chi connectivity index (χ3n) is 4.42. The lowest BCUT2D eigenvalue weighted by molar-refractivity contribution is -0.132. The van der Waals surface area contributed by atoms with Crippen molar-refractivity contribution in [2.45, 2.75) is 39.3 Å². The first-order valence-electron chi connectivity index (χ1n) is 8.58. The number of aliphatic carboxylic acids is 1. The summed E-state index contributed by atoms with van der Waals surface area (Å²) in [6, 6.07) is 9.47. The van der Waals surface area contributed by atoms with Crippen LogP contribution in [0.2, 0.25) is 0 Å². The predicted molar refractivity (Wildman–Crippen MR) is 100 cm³/mol. The molecule has 0 saturated heterocycles. The molecule has 0 fully saturated rings. The van der Waals surface area contributed by atoms with Gasteiger partial charge in [0.1, 0.15) is 0 Å². The van der Waals surface area contributed by atoms with Gasteiger partial charge in [0.25, 0.3) is 0 Å². The minimum absolute atomic E-state index is 0.0836. The van der Waals surface area contributed by atoms with E-state index in [0.29, 0.717) is 18.1 Å². The van der Waals surface area contributed by atoms with Gasteiger partial charge < -0.3 is 20.9 Å². The molecule has 1 aromatic carbocycles. The van der Waals surface area contributed by atoms with Crippen LogP contribution in [0.4, 0.5) is 5.69 Å². The number of nitrogens with one attached hydrogen (secondary N) is 1. The average Bonchev–Trinajstić information content (AvgIpc) is 2.59. The Kier molecular flexibility index (Phi) is 4.95. The molecule has 0 amide bonds. The van der Waals surface area contributed by atoms with Gasteiger partial charge in [-0.3, -0.25) is 0 Å². The van der Waals surface area contributed by atoms with Crippen LogP contribution in [0, 0.1) is 0 Å². The average molecular weight is 353 g/mol. The zero-order chi connectivity index (χ0) is 18.8. The van der Waals surface area contributed by atoms with E-state index in [1.54, 1.807) is 13.1 Å². The van der Waals surface area contributed by atoms with E-state index in [4.69, 9.17) is 10.5 Å². The van der Waals surface area contributed by atoms with E-state index >= 15 is 0 Å². The molecule has 1 aromatic heterocycles. The Hall–Kier alpha value is -2.86. The first kappa shape index (κ1) is 17.9. The summed E-state index contributed by atoms with van der Waals surface area (Å²) >= 11 is 0. The Morgan fingerprint density at radius 2 is 2.08 bits per heavy atom. The highest BCUT2D eigenvalue weighted by molar-refractivity contribution is 5.93. The molecule has 0 radical (unpaired) electrons. The van der Waals surface area contributed by atoms with E-state index in [1.165, 1.54) is 0 Å². The largest absolute Gasteiger partial charge is 0.478 e. The molecule has 4 N–H and O–H groups in total. The Balaban J connectivity index is 2.30. The Morgan fingerprint density at radius 3 is 2.73 bits per heavy atom. The van der Waals surface area contributed by atoms with Crippen LogP contribution in [0.15, 0.2) is 47.8 Å². The second-order valence-corrected chi connectivity index (χ2v) is 6.55. The number of hydrogen-bond acceptors (Lipinski definition) is 5. The molecule has 1 atom stereocenters. The van der Waals surface area contributed by atoms with Crippen molar-refractivity contribution in [3.8, 4) is 5.88 Å². The van der Waals surface area contributed by atoms with Crippen molar-refractivity contribution >= 4 is 11.7 Å². The molecule has 2 aromatic rings. The van der Waals surface area contributed by atoms with Crippen molar-refractivity contribution in [2.24, 2.45) is 5.73 Å². The second-order valence-electron chi connectivity index (χ2n) is 6.55. The number of nitrogens with two attached hydrogens (primary N) is 1. The summed E-state index contributed by atoms with van der Waals surface area (Å²) in [5, 5.41) is 13.1. The maximum atomic E-state index is 12.1. The first-order valence-corrected chi connectivity index (χ1v) is 8.58. The number of nitrogens with zero attached hydrogens (tertiary/aromatic N) is 1. The van der Waals surface area contributed by atoms with Gasteiger partial charge in [0.15, 0.2) is 0 Å². The van der Waals surface area contributed by atoms with Crippen LogP contribution < -0.4 is 15.8 Å². The standard InChI is InChI=1S/C20H23N3O3/c1-11(2)26-19-18-15(8-9-22-19)23-12(3)16(20(24)25)17(18)14-7-5-4-6-13(14)10-21/h4-9,11,17,23H,10,21H2,1-3H3,(H,24,25). The number of anilines is 1. The number of aromatic nitrogens is 1. The van der Waals surface area contributed by atoms with E-state index in [9.17, 15) is 9.90 Å². The van der Waals surface area contributed by atoms with Crippen molar-refractivity contribution in [1.29, 1.82) is 0 Å². The Morgan fingerprint density at radius 1 is 1.35 bits per heavy atom. The van der Waals surface area contributed by atoms with Crippen molar-refractivity contribution in [2.75, 3.05) is 5.32 Å². The van der Waals surface area contributed by atoms with Crippen molar-refractivity contribution in [3.05, 3.63) is 64.5 Å². The quantitative estimate of drug-likeness (QED) is 0.763. The van der Waals surface area contributed by atoms with Crippen LogP contribution in [0.1, 0.15) is 43.4 Å². The van der Waals surface area contributed by atoms with Crippen LogP contribution in [-0.4, -0.2) is 22.2 Å². The number of hydrogen-bond donors (Lipinski definition) is 3. The summed E-state index contributed by atoms with van der Waals surface area (Å²) in [4.78, 5) is 16.5. The van der Waals surface area contributed by atoms with E-state index in [2.05, 4.69) is 10.3 Å². The molecule has 6 nitrogen and oxygen atoms in total. The van der Waals surface area contributed by atoms with Crippen LogP contribution >= 0.6 is 0 Å². The Bertz CT molecular complexity index is 874. The van der Waals surface area contributed by atoms with E-state index in [1.807, 2.05) is 44.2 Å². The third kappa shape index (κ3) is 3.15. The molecule has 1 aliphatic rings. The van der Waals surface area contributed by atoms with Crippen molar-refractivity contribution in [1.82, 2.24) is 4.98 Å². The summed E-state index contributed by atoms with van der Waals surface area (Å²) in [5.41, 5.74) is 10.1. The van der Waals surface area contributed by atoms with Gasteiger partial charge >= 0.3 is 5.97 Å². The summed E-state index contributed by atoms with van der Waals surface area (Å²) in [6.07, 6.45) is 1.58. The predicted octanol–water partition coefficient (Wildman–Crippen LogP) is 3.24. The number of ether oxygens (including phenoxy) is 1. The minimum Gasteiger partial charge on any atom is -0.478 e. The fraction of sp³-hybridized carbons (Fsp3) is 0.300. The lowest BCUT2D eigenvalue weighted by Crippen LogP contribution is -2.25. The summed E-state index contributed by atoms with van der Waals surface area (Å²) in [7, 11) is 0.